The van der Waals surface area contributed by atoms with Crippen LogP contribution >= 0.6 is 27.3 Å². The lowest BCUT2D eigenvalue weighted by atomic mass is 10.0. The summed E-state index contributed by atoms with van der Waals surface area (Å²) < 4.78 is 0.842. The number of amides is 1. The summed E-state index contributed by atoms with van der Waals surface area (Å²) in [6, 6.07) is 6.83. The van der Waals surface area contributed by atoms with Crippen LogP contribution in [-0.2, 0) is 0 Å². The average Bonchev–Trinajstić information content (AvgIpc) is 3.24. The van der Waals surface area contributed by atoms with Crippen molar-refractivity contribution in [3.63, 3.8) is 0 Å². The number of aryl methyl sites for hydroxylation is 3. The van der Waals surface area contributed by atoms with Gasteiger partial charge in [-0.3, -0.25) is 4.79 Å². The van der Waals surface area contributed by atoms with Crippen LogP contribution in [0.2, 0.25) is 0 Å². The van der Waals surface area contributed by atoms with Crippen LogP contribution in [0.5, 0.6) is 0 Å². The molecule has 1 N–H and O–H groups in total. The van der Waals surface area contributed by atoms with Crippen LogP contribution in [0.25, 0.3) is 10.4 Å². The zero-order valence-corrected chi connectivity index (χ0v) is 20.1. The second kappa shape index (κ2) is 7.98. The number of fused-ring (bicyclic) bond motifs is 1. The van der Waals surface area contributed by atoms with E-state index in [1.165, 1.54) is 11.1 Å². The molecule has 1 aliphatic carbocycles. The number of hydrogen-bond donors (Lipinski definition) is 1. The third-order valence-corrected chi connectivity index (χ3v) is 7.70. The number of benzene rings is 1. The van der Waals surface area contributed by atoms with Crippen LogP contribution < -0.4 is 5.32 Å². The highest BCUT2D eigenvalue weighted by Gasteiger charge is 2.54. The Balaban J connectivity index is 1.40. The molecule has 5 rings (SSSR count). The molecule has 3 heterocycles. The molecular formula is C23H24BrN5OS. The Labute approximate surface area is 194 Å². The van der Waals surface area contributed by atoms with Crippen molar-refractivity contribution in [3.05, 3.63) is 56.9 Å². The summed E-state index contributed by atoms with van der Waals surface area (Å²) in [5, 5.41) is 4.22. The van der Waals surface area contributed by atoms with Gasteiger partial charge >= 0.3 is 0 Å². The molecule has 31 heavy (non-hydrogen) atoms. The average molecular weight is 498 g/mol. The van der Waals surface area contributed by atoms with Gasteiger partial charge in [-0.15, -0.1) is 11.3 Å². The number of carbonyl (C=O) groups excluding carboxylic acids is 1. The Bertz CT molecular complexity index is 1150. The number of rotatable bonds is 5. The highest BCUT2D eigenvalue weighted by atomic mass is 79.9. The molecule has 0 radical (unpaired) electrons. The third kappa shape index (κ3) is 3.99. The number of nitrogens with one attached hydrogen (secondary N) is 1. The minimum Gasteiger partial charge on any atom is -0.352 e. The number of aromatic nitrogens is 3. The number of carbonyl (C=O) groups is 1. The molecule has 1 saturated carbocycles. The Morgan fingerprint density at radius 3 is 2.71 bits per heavy atom. The Kier molecular flexibility index (Phi) is 5.30. The van der Waals surface area contributed by atoms with E-state index in [1.807, 2.05) is 6.92 Å². The maximum Gasteiger partial charge on any atom is 0.274 e. The molecule has 6 nitrogen and oxygen atoms in total. The van der Waals surface area contributed by atoms with E-state index in [2.05, 4.69) is 73.1 Å². The summed E-state index contributed by atoms with van der Waals surface area (Å²) in [7, 11) is 0. The van der Waals surface area contributed by atoms with E-state index in [1.54, 1.807) is 23.7 Å². The molecule has 2 aromatic heterocycles. The van der Waals surface area contributed by atoms with Gasteiger partial charge in [0, 0.05) is 25.0 Å². The first-order chi connectivity index (χ1) is 14.9. The molecule has 1 aliphatic heterocycles. The molecule has 3 aromatic rings. The molecule has 1 saturated heterocycles. The maximum atomic E-state index is 13.7. The quantitative estimate of drug-likeness (QED) is 0.536. The topological polar surface area (TPSA) is 71.0 Å². The smallest absolute Gasteiger partial charge is 0.274 e. The van der Waals surface area contributed by atoms with E-state index in [0.717, 1.165) is 32.8 Å². The van der Waals surface area contributed by atoms with E-state index in [-0.39, 0.29) is 11.9 Å². The molecule has 0 bridgehead atoms. The standard InChI is InChI=1S/C23H24BrN5OS/c1-12-4-5-15(6-13(12)2)21-20(28-14(3)31-21)22(30)29-18(7-16-8-19(16)29)11-27-23-25-9-17(24)10-26-23/h4-6,9-10,16,18-19H,7-8,11H2,1-3H3,(H,25,26,27)/t16-,18+,19+/m1/s1. The number of thiazole rings is 1. The minimum absolute atomic E-state index is 0.0473. The van der Waals surface area contributed by atoms with E-state index >= 15 is 0 Å². The van der Waals surface area contributed by atoms with Crippen molar-refractivity contribution in [2.75, 3.05) is 11.9 Å². The van der Waals surface area contributed by atoms with E-state index in [9.17, 15) is 4.79 Å². The monoisotopic (exact) mass is 497 g/mol. The third-order valence-electron chi connectivity index (χ3n) is 6.27. The van der Waals surface area contributed by atoms with Gasteiger partial charge in [-0.25, -0.2) is 15.0 Å². The van der Waals surface area contributed by atoms with Crippen molar-refractivity contribution in [3.8, 4) is 10.4 Å². The van der Waals surface area contributed by atoms with Crippen molar-refractivity contribution >= 4 is 39.1 Å². The van der Waals surface area contributed by atoms with Crippen LogP contribution in [-0.4, -0.2) is 44.4 Å². The molecule has 0 spiro atoms. The summed E-state index contributed by atoms with van der Waals surface area (Å²) in [6.45, 7) is 6.82. The Hall–Kier alpha value is -2.32. The number of piperidine rings is 1. The van der Waals surface area contributed by atoms with E-state index < -0.39 is 0 Å². The lowest BCUT2D eigenvalue weighted by Crippen LogP contribution is -2.42. The number of halogens is 1. The van der Waals surface area contributed by atoms with Gasteiger partial charge in [0.25, 0.3) is 5.91 Å². The highest BCUT2D eigenvalue weighted by Crippen LogP contribution is 2.49. The number of likely N-dealkylation sites (tertiary alicyclic amines) is 1. The fourth-order valence-corrected chi connectivity index (χ4v) is 5.55. The summed E-state index contributed by atoms with van der Waals surface area (Å²) in [5.41, 5.74) is 4.13. The minimum atomic E-state index is 0.0473. The van der Waals surface area contributed by atoms with Gasteiger partial charge in [0.05, 0.1) is 20.4 Å². The fourth-order valence-electron chi connectivity index (χ4n) is 4.44. The van der Waals surface area contributed by atoms with Gasteiger partial charge in [0.2, 0.25) is 5.95 Å². The van der Waals surface area contributed by atoms with Crippen molar-refractivity contribution < 1.29 is 4.79 Å². The molecule has 1 aromatic carbocycles. The van der Waals surface area contributed by atoms with Gasteiger partial charge in [0.15, 0.2) is 0 Å². The van der Waals surface area contributed by atoms with Crippen LogP contribution in [0.15, 0.2) is 35.1 Å². The lowest BCUT2D eigenvalue weighted by molar-refractivity contribution is 0.0704. The summed E-state index contributed by atoms with van der Waals surface area (Å²) >= 11 is 4.95. The summed E-state index contributed by atoms with van der Waals surface area (Å²) in [4.78, 5) is 30.0. The summed E-state index contributed by atoms with van der Waals surface area (Å²) in [5.74, 6) is 1.23. The summed E-state index contributed by atoms with van der Waals surface area (Å²) in [6.07, 6.45) is 5.55. The van der Waals surface area contributed by atoms with Crippen LogP contribution in [0.1, 0.15) is 39.5 Å². The number of anilines is 1. The maximum absolute atomic E-state index is 13.7. The Morgan fingerprint density at radius 1 is 1.19 bits per heavy atom. The van der Waals surface area contributed by atoms with Gasteiger partial charge in [-0.1, -0.05) is 18.2 Å². The van der Waals surface area contributed by atoms with Crippen LogP contribution in [0.3, 0.4) is 0 Å². The van der Waals surface area contributed by atoms with Gasteiger partial charge in [0.1, 0.15) is 5.69 Å². The largest absolute Gasteiger partial charge is 0.352 e. The molecular weight excluding hydrogens is 474 g/mol. The first-order valence-electron chi connectivity index (χ1n) is 10.5. The van der Waals surface area contributed by atoms with Gasteiger partial charge in [-0.2, -0.15) is 0 Å². The zero-order valence-electron chi connectivity index (χ0n) is 17.7. The molecule has 2 aliphatic rings. The van der Waals surface area contributed by atoms with E-state index in [0.29, 0.717) is 30.1 Å². The number of hydrogen-bond acceptors (Lipinski definition) is 6. The molecule has 2 fully saturated rings. The van der Waals surface area contributed by atoms with E-state index in [4.69, 9.17) is 0 Å². The van der Waals surface area contributed by atoms with Crippen molar-refractivity contribution in [2.24, 2.45) is 5.92 Å². The molecule has 160 valence electrons. The van der Waals surface area contributed by atoms with Crippen molar-refractivity contribution in [2.45, 2.75) is 45.7 Å². The second-order valence-corrected chi connectivity index (χ2v) is 10.6. The zero-order chi connectivity index (χ0) is 21.7. The first kappa shape index (κ1) is 20.6. The second-order valence-electron chi connectivity index (χ2n) is 8.48. The van der Waals surface area contributed by atoms with Crippen molar-refractivity contribution in [1.82, 2.24) is 19.9 Å². The van der Waals surface area contributed by atoms with Gasteiger partial charge < -0.3 is 10.2 Å². The molecule has 1 amide bonds. The molecule has 3 atom stereocenters. The molecule has 0 unspecified atom stereocenters. The SMILES string of the molecule is Cc1nc(C(=O)N2[C@H](CNc3ncc(Br)cn3)C[C@@H]3C[C@@H]32)c(-c2ccc(C)c(C)c2)s1. The first-order valence-corrected chi connectivity index (χ1v) is 12.1. The Morgan fingerprint density at radius 2 is 1.97 bits per heavy atom. The van der Waals surface area contributed by atoms with Crippen molar-refractivity contribution in [1.29, 1.82) is 0 Å². The number of nitrogens with zero attached hydrogens (tertiary/aromatic N) is 4. The fraction of sp³-hybridized carbons (Fsp3) is 0.391. The highest BCUT2D eigenvalue weighted by molar-refractivity contribution is 9.10. The van der Waals surface area contributed by atoms with Gasteiger partial charge in [-0.05, 0) is 72.2 Å². The molecule has 8 heteroatoms. The lowest BCUT2D eigenvalue weighted by Gasteiger charge is -2.27. The predicted octanol–water partition coefficient (Wildman–Crippen LogP) is 5.00. The van der Waals surface area contributed by atoms with Crippen LogP contribution in [0, 0.1) is 26.7 Å². The van der Waals surface area contributed by atoms with Crippen LogP contribution in [0.4, 0.5) is 5.95 Å². The predicted molar refractivity (Wildman–Crippen MR) is 126 cm³/mol. The normalized spacial score (nSPS) is 21.8.